The summed E-state index contributed by atoms with van der Waals surface area (Å²) in [6.45, 7) is 6.80. The maximum absolute atomic E-state index is 5.88. The molecule has 0 aromatic heterocycles. The molecule has 0 saturated heterocycles. The highest BCUT2D eigenvalue weighted by molar-refractivity contribution is 6.05. The van der Waals surface area contributed by atoms with Crippen LogP contribution in [0, 0.1) is 29.6 Å². The molecule has 146 valence electrons. The van der Waals surface area contributed by atoms with E-state index in [0.717, 1.165) is 29.4 Å². The average molecular weight is 374 g/mol. The maximum atomic E-state index is 5.88. The number of hydrogen-bond donors (Lipinski definition) is 0. The van der Waals surface area contributed by atoms with E-state index in [4.69, 9.17) is 4.84 Å². The van der Waals surface area contributed by atoms with Crippen LogP contribution < -0.4 is 0 Å². The minimum atomic E-state index is 0.108. The molecule has 0 spiro atoms. The molecule has 4 saturated carbocycles. The first-order chi connectivity index (χ1) is 13.5. The predicted molar refractivity (Wildman–Crippen MR) is 113 cm³/mol. The maximum Gasteiger partial charge on any atom is 0.158 e. The fourth-order valence-corrected chi connectivity index (χ4v) is 6.98. The van der Waals surface area contributed by atoms with Gasteiger partial charge in [-0.25, -0.2) is 0 Å². The largest absolute Gasteiger partial charge is 0.387 e. The Morgan fingerprint density at radius 3 is 2.14 bits per heavy atom. The predicted octanol–water partition coefficient (Wildman–Crippen LogP) is 6.03. The summed E-state index contributed by atoms with van der Waals surface area (Å²) < 4.78 is 0. The second-order valence-electron chi connectivity index (χ2n) is 10.9. The summed E-state index contributed by atoms with van der Waals surface area (Å²) >= 11 is 0. The van der Waals surface area contributed by atoms with Gasteiger partial charge in [-0.15, -0.1) is 0 Å². The Kier molecular flexibility index (Phi) is 3.56. The fraction of sp³-hybridized carbons (Fsp3) is 0.577. The number of benzene rings is 1. The van der Waals surface area contributed by atoms with Gasteiger partial charge >= 0.3 is 0 Å². The zero-order chi connectivity index (χ0) is 19.0. The Morgan fingerprint density at radius 2 is 1.54 bits per heavy atom. The highest BCUT2D eigenvalue weighted by Gasteiger charge is 2.49. The van der Waals surface area contributed by atoms with Gasteiger partial charge in [0.15, 0.2) is 6.10 Å². The van der Waals surface area contributed by atoms with Crippen LogP contribution in [-0.4, -0.2) is 11.8 Å². The summed E-state index contributed by atoms with van der Waals surface area (Å²) in [5.41, 5.74) is 7.28. The summed E-state index contributed by atoms with van der Waals surface area (Å²) in [6, 6.07) is 9.04. The molecule has 4 bridgehead atoms. The molecular formula is C26H31NO. The second-order valence-corrected chi connectivity index (χ2v) is 10.9. The van der Waals surface area contributed by atoms with Crippen molar-refractivity contribution in [1.29, 1.82) is 0 Å². The molecule has 1 aromatic carbocycles. The van der Waals surface area contributed by atoms with E-state index in [2.05, 4.69) is 62.3 Å². The smallest absolute Gasteiger partial charge is 0.158 e. The van der Waals surface area contributed by atoms with Gasteiger partial charge in [0.1, 0.15) is 0 Å². The molecule has 0 radical (unpaired) electrons. The van der Waals surface area contributed by atoms with Crippen molar-refractivity contribution in [3.63, 3.8) is 0 Å². The van der Waals surface area contributed by atoms with E-state index in [1.54, 1.807) is 11.1 Å². The molecule has 4 fully saturated rings. The molecule has 0 unspecified atom stereocenters. The van der Waals surface area contributed by atoms with E-state index in [9.17, 15) is 0 Å². The molecular weight excluding hydrogens is 342 g/mol. The molecule has 6 aliphatic rings. The van der Waals surface area contributed by atoms with Crippen molar-refractivity contribution in [2.75, 3.05) is 0 Å². The van der Waals surface area contributed by atoms with Gasteiger partial charge in [-0.2, -0.15) is 0 Å². The third-order valence-electron chi connectivity index (χ3n) is 8.09. The highest BCUT2D eigenvalue weighted by atomic mass is 16.6. The van der Waals surface area contributed by atoms with E-state index in [1.807, 2.05) is 0 Å². The lowest BCUT2D eigenvalue weighted by Gasteiger charge is -2.52. The minimum Gasteiger partial charge on any atom is -0.387 e. The van der Waals surface area contributed by atoms with Gasteiger partial charge in [-0.1, -0.05) is 61.8 Å². The SMILES string of the molecule is CC(C)(C)c1ccc(C2=NO[C@H]3C=CC(=C4C5CC6CC(C5)CC4C6)[C@@H]23)cc1. The standard InChI is InChI=1S/C26H31NO/c1-26(2,3)20-6-4-17(5-7-20)25-24-21(8-9-22(24)28-27-25)23-18-11-15-10-16(13-18)14-19(23)12-15/h4-9,15-16,18-19,22,24H,10-14H2,1-3H3/t15?,16?,18?,19?,22-,24+/m0/s1. The van der Waals surface area contributed by atoms with E-state index < -0.39 is 0 Å². The Bertz CT molecular complexity index is 865. The van der Waals surface area contributed by atoms with Crippen LogP contribution in [0.3, 0.4) is 0 Å². The van der Waals surface area contributed by atoms with Gasteiger partial charge < -0.3 is 4.84 Å². The second kappa shape index (κ2) is 5.84. The fourth-order valence-electron chi connectivity index (χ4n) is 6.98. The van der Waals surface area contributed by atoms with Gasteiger partial charge in [0.05, 0.1) is 11.6 Å². The summed E-state index contributed by atoms with van der Waals surface area (Å²) in [5, 5.41) is 4.58. The van der Waals surface area contributed by atoms with Gasteiger partial charge in [-0.05, 0) is 78.4 Å². The van der Waals surface area contributed by atoms with Gasteiger partial charge in [-0.3, -0.25) is 0 Å². The zero-order valence-electron chi connectivity index (χ0n) is 17.3. The lowest BCUT2D eigenvalue weighted by atomic mass is 9.53. The number of nitrogens with zero attached hydrogens (tertiary/aromatic N) is 1. The van der Waals surface area contributed by atoms with Crippen LogP contribution in [0.4, 0.5) is 0 Å². The molecule has 1 aliphatic heterocycles. The van der Waals surface area contributed by atoms with E-state index in [-0.39, 0.29) is 11.5 Å². The van der Waals surface area contributed by atoms with Gasteiger partial charge in [0.2, 0.25) is 0 Å². The van der Waals surface area contributed by atoms with Gasteiger partial charge in [0, 0.05) is 5.56 Å². The number of rotatable bonds is 1. The van der Waals surface area contributed by atoms with E-state index in [0.29, 0.717) is 5.92 Å². The van der Waals surface area contributed by atoms with Crippen molar-refractivity contribution < 1.29 is 4.84 Å². The lowest BCUT2D eigenvalue weighted by molar-refractivity contribution is 0.0668. The van der Waals surface area contributed by atoms with Crippen molar-refractivity contribution in [3.05, 3.63) is 58.7 Å². The van der Waals surface area contributed by atoms with Crippen LogP contribution in [0.25, 0.3) is 0 Å². The summed E-state index contributed by atoms with van der Waals surface area (Å²) in [6.07, 6.45) is 12.0. The lowest BCUT2D eigenvalue weighted by Crippen LogP contribution is -2.41. The molecule has 0 amide bonds. The van der Waals surface area contributed by atoms with Crippen LogP contribution in [0.2, 0.25) is 0 Å². The zero-order valence-corrected chi connectivity index (χ0v) is 17.3. The Balaban J connectivity index is 1.36. The third kappa shape index (κ3) is 2.49. The first-order valence-corrected chi connectivity index (χ1v) is 11.2. The topological polar surface area (TPSA) is 21.6 Å². The third-order valence-corrected chi connectivity index (χ3v) is 8.09. The number of hydrogen-bond acceptors (Lipinski definition) is 2. The van der Waals surface area contributed by atoms with Gasteiger partial charge in [0.25, 0.3) is 0 Å². The van der Waals surface area contributed by atoms with Crippen molar-refractivity contribution in [1.82, 2.24) is 0 Å². The van der Waals surface area contributed by atoms with Crippen LogP contribution in [0.15, 0.2) is 52.7 Å². The normalized spacial score (nSPS) is 38.0. The van der Waals surface area contributed by atoms with E-state index in [1.165, 1.54) is 43.2 Å². The molecule has 1 heterocycles. The molecule has 1 aromatic rings. The monoisotopic (exact) mass is 373 g/mol. The molecule has 7 rings (SSSR count). The molecule has 5 aliphatic carbocycles. The Hall–Kier alpha value is -1.83. The minimum absolute atomic E-state index is 0.108. The van der Waals surface area contributed by atoms with Crippen molar-refractivity contribution >= 4 is 5.71 Å². The van der Waals surface area contributed by atoms with Crippen LogP contribution in [0.1, 0.15) is 64.0 Å². The van der Waals surface area contributed by atoms with Crippen LogP contribution in [-0.2, 0) is 10.3 Å². The first kappa shape index (κ1) is 17.1. The Labute approximate surface area is 168 Å². The quantitative estimate of drug-likeness (QED) is 0.589. The molecule has 2 nitrogen and oxygen atoms in total. The number of allylic oxidation sites excluding steroid dienone is 2. The summed E-state index contributed by atoms with van der Waals surface area (Å²) in [4.78, 5) is 5.88. The summed E-state index contributed by atoms with van der Waals surface area (Å²) in [7, 11) is 0. The number of oxime groups is 1. The average Bonchev–Trinajstić information content (AvgIpc) is 3.23. The first-order valence-electron chi connectivity index (χ1n) is 11.2. The van der Waals surface area contributed by atoms with Crippen molar-refractivity contribution in [3.8, 4) is 0 Å². The molecule has 2 atom stereocenters. The van der Waals surface area contributed by atoms with Crippen LogP contribution in [0.5, 0.6) is 0 Å². The van der Waals surface area contributed by atoms with E-state index >= 15 is 0 Å². The molecule has 28 heavy (non-hydrogen) atoms. The molecule has 2 heteroatoms. The highest BCUT2D eigenvalue weighted by Crippen LogP contribution is 2.58. The summed E-state index contributed by atoms with van der Waals surface area (Å²) in [5.74, 6) is 3.99. The molecule has 0 N–H and O–H groups in total. The number of fused-ring (bicyclic) bond motifs is 1. The van der Waals surface area contributed by atoms with Crippen molar-refractivity contribution in [2.45, 2.75) is 64.4 Å². The Morgan fingerprint density at radius 1 is 0.893 bits per heavy atom. The van der Waals surface area contributed by atoms with Crippen molar-refractivity contribution in [2.24, 2.45) is 34.7 Å². The van der Waals surface area contributed by atoms with Crippen LogP contribution >= 0.6 is 0 Å².